The Kier molecular flexibility index (Phi) is 4.84. The number of halogens is 5. The summed E-state index contributed by atoms with van der Waals surface area (Å²) in [6, 6.07) is 10.8. The second-order valence-electron chi connectivity index (χ2n) is 4.65. The Morgan fingerprint density at radius 1 is 1.14 bits per heavy atom. The van der Waals surface area contributed by atoms with E-state index < -0.39 is 11.7 Å². The van der Waals surface area contributed by atoms with Crippen LogP contribution in [0.15, 0.2) is 46.9 Å². The van der Waals surface area contributed by atoms with Crippen LogP contribution in [0.4, 0.5) is 18.9 Å². The van der Waals surface area contributed by atoms with Gasteiger partial charge in [0.2, 0.25) is 0 Å². The number of hydrogen-bond acceptors (Lipinski definition) is 1. The normalized spacial score (nSPS) is 13.0. The highest BCUT2D eigenvalue weighted by Gasteiger charge is 2.31. The number of alkyl halides is 3. The summed E-state index contributed by atoms with van der Waals surface area (Å²) in [6.07, 6.45) is -4.38. The SMILES string of the molecule is CC(Nc1cc(Br)cc(C(F)(F)F)c1)c1cccc(Cl)c1. The molecule has 2 aromatic carbocycles. The lowest BCUT2D eigenvalue weighted by atomic mass is 10.1. The number of hydrogen-bond donors (Lipinski definition) is 1. The van der Waals surface area contributed by atoms with Crippen molar-refractivity contribution in [1.82, 2.24) is 0 Å². The van der Waals surface area contributed by atoms with Gasteiger partial charge in [0, 0.05) is 21.2 Å². The molecule has 0 aliphatic heterocycles. The van der Waals surface area contributed by atoms with E-state index in [9.17, 15) is 13.2 Å². The standard InChI is InChI=1S/C15H12BrClF3N/c1-9(10-3-2-4-13(17)5-10)21-14-7-11(15(18,19)20)6-12(16)8-14/h2-9,21H,1H3. The monoisotopic (exact) mass is 377 g/mol. The van der Waals surface area contributed by atoms with Crippen molar-refractivity contribution in [2.75, 3.05) is 5.32 Å². The summed E-state index contributed by atoms with van der Waals surface area (Å²) in [5.74, 6) is 0. The first-order valence-corrected chi connectivity index (χ1v) is 7.32. The largest absolute Gasteiger partial charge is 0.416 e. The molecule has 0 spiro atoms. The fraction of sp³-hybridized carbons (Fsp3) is 0.200. The van der Waals surface area contributed by atoms with Gasteiger partial charge in [0.25, 0.3) is 0 Å². The molecule has 0 amide bonds. The van der Waals surface area contributed by atoms with Gasteiger partial charge in [-0.05, 0) is 42.8 Å². The summed E-state index contributed by atoms with van der Waals surface area (Å²) in [6.45, 7) is 1.86. The molecule has 1 unspecified atom stereocenters. The fourth-order valence-electron chi connectivity index (χ4n) is 1.95. The van der Waals surface area contributed by atoms with Crippen LogP contribution in [0.5, 0.6) is 0 Å². The smallest absolute Gasteiger partial charge is 0.378 e. The summed E-state index contributed by atoms with van der Waals surface area (Å²) in [7, 11) is 0. The van der Waals surface area contributed by atoms with E-state index in [1.54, 1.807) is 24.3 Å². The highest BCUT2D eigenvalue weighted by atomic mass is 79.9. The summed E-state index contributed by atoms with van der Waals surface area (Å²) >= 11 is 9.02. The number of rotatable bonds is 3. The summed E-state index contributed by atoms with van der Waals surface area (Å²) in [5.41, 5.74) is 0.595. The third kappa shape index (κ3) is 4.38. The molecule has 0 fully saturated rings. The average molecular weight is 379 g/mol. The number of anilines is 1. The van der Waals surface area contributed by atoms with Crippen molar-refractivity contribution < 1.29 is 13.2 Å². The van der Waals surface area contributed by atoms with Crippen molar-refractivity contribution in [2.24, 2.45) is 0 Å². The molecule has 0 aliphatic carbocycles. The predicted octanol–water partition coefficient (Wildman–Crippen LogP) is 6.29. The fourth-order valence-corrected chi connectivity index (χ4v) is 2.64. The minimum absolute atomic E-state index is 0.168. The van der Waals surface area contributed by atoms with Crippen molar-refractivity contribution in [3.05, 3.63) is 63.1 Å². The van der Waals surface area contributed by atoms with E-state index >= 15 is 0 Å². The average Bonchev–Trinajstić information content (AvgIpc) is 2.37. The summed E-state index contributed by atoms with van der Waals surface area (Å²) in [4.78, 5) is 0. The van der Waals surface area contributed by atoms with Crippen LogP contribution in [-0.2, 0) is 6.18 Å². The quantitative estimate of drug-likeness (QED) is 0.661. The molecule has 0 heterocycles. The molecular formula is C15H12BrClF3N. The van der Waals surface area contributed by atoms with Crippen LogP contribution in [0.2, 0.25) is 5.02 Å². The van der Waals surface area contributed by atoms with Gasteiger partial charge in [0.05, 0.1) is 5.56 Å². The Bertz CT molecular complexity index is 643. The van der Waals surface area contributed by atoms with Crippen LogP contribution in [-0.4, -0.2) is 0 Å². The minimum atomic E-state index is -4.38. The molecule has 0 aliphatic rings. The van der Waals surface area contributed by atoms with Crippen LogP contribution < -0.4 is 5.32 Å². The lowest BCUT2D eigenvalue weighted by Gasteiger charge is -2.18. The predicted molar refractivity (Wildman–Crippen MR) is 82.6 cm³/mol. The van der Waals surface area contributed by atoms with Crippen LogP contribution in [0, 0.1) is 0 Å². The lowest BCUT2D eigenvalue weighted by molar-refractivity contribution is -0.137. The van der Waals surface area contributed by atoms with Gasteiger partial charge in [-0.25, -0.2) is 0 Å². The van der Waals surface area contributed by atoms with Crippen molar-refractivity contribution in [1.29, 1.82) is 0 Å². The maximum atomic E-state index is 12.8. The molecule has 2 rings (SSSR count). The molecule has 0 bridgehead atoms. The van der Waals surface area contributed by atoms with Gasteiger partial charge in [-0.1, -0.05) is 39.7 Å². The van der Waals surface area contributed by atoms with Crippen LogP contribution in [0.25, 0.3) is 0 Å². The van der Waals surface area contributed by atoms with Crippen LogP contribution in [0.1, 0.15) is 24.1 Å². The number of benzene rings is 2. The van der Waals surface area contributed by atoms with E-state index in [4.69, 9.17) is 11.6 Å². The first kappa shape index (κ1) is 16.2. The molecule has 112 valence electrons. The highest BCUT2D eigenvalue weighted by molar-refractivity contribution is 9.10. The number of nitrogens with one attached hydrogen (secondary N) is 1. The van der Waals surface area contributed by atoms with Crippen molar-refractivity contribution in [3.63, 3.8) is 0 Å². The molecule has 6 heteroatoms. The summed E-state index contributed by atoms with van der Waals surface area (Å²) < 4.78 is 38.8. The van der Waals surface area contributed by atoms with Crippen LogP contribution in [0.3, 0.4) is 0 Å². The minimum Gasteiger partial charge on any atom is -0.378 e. The zero-order valence-electron chi connectivity index (χ0n) is 11.0. The third-order valence-corrected chi connectivity index (χ3v) is 3.65. The molecular weight excluding hydrogens is 367 g/mol. The molecule has 0 aromatic heterocycles. The first-order valence-electron chi connectivity index (χ1n) is 6.15. The molecule has 1 N–H and O–H groups in total. The van der Waals surface area contributed by atoms with Crippen molar-refractivity contribution >= 4 is 33.2 Å². The van der Waals surface area contributed by atoms with Gasteiger partial charge < -0.3 is 5.32 Å². The third-order valence-electron chi connectivity index (χ3n) is 2.96. The van der Waals surface area contributed by atoms with E-state index in [1.807, 2.05) is 13.0 Å². The molecule has 2 aromatic rings. The van der Waals surface area contributed by atoms with E-state index in [0.717, 1.165) is 17.7 Å². The molecule has 0 saturated carbocycles. The molecule has 1 atom stereocenters. The lowest BCUT2D eigenvalue weighted by Crippen LogP contribution is -2.09. The zero-order valence-corrected chi connectivity index (χ0v) is 13.4. The molecule has 0 radical (unpaired) electrons. The Balaban J connectivity index is 2.25. The first-order chi connectivity index (χ1) is 9.75. The Morgan fingerprint density at radius 2 is 1.86 bits per heavy atom. The van der Waals surface area contributed by atoms with Gasteiger partial charge >= 0.3 is 6.18 Å². The molecule has 0 saturated heterocycles. The van der Waals surface area contributed by atoms with Crippen molar-refractivity contribution in [3.8, 4) is 0 Å². The molecule has 1 nitrogen and oxygen atoms in total. The van der Waals surface area contributed by atoms with E-state index in [-0.39, 0.29) is 6.04 Å². The van der Waals surface area contributed by atoms with Gasteiger partial charge in [0.1, 0.15) is 0 Å². The van der Waals surface area contributed by atoms with Crippen molar-refractivity contribution in [2.45, 2.75) is 19.1 Å². The Hall–Kier alpha value is -1.20. The zero-order chi connectivity index (χ0) is 15.6. The second-order valence-corrected chi connectivity index (χ2v) is 6.00. The van der Waals surface area contributed by atoms with Gasteiger partial charge in [-0.2, -0.15) is 13.2 Å². The topological polar surface area (TPSA) is 12.0 Å². The van der Waals surface area contributed by atoms with E-state index in [2.05, 4.69) is 21.2 Å². The van der Waals surface area contributed by atoms with E-state index in [0.29, 0.717) is 15.2 Å². The second kappa shape index (κ2) is 6.28. The maximum absolute atomic E-state index is 12.8. The van der Waals surface area contributed by atoms with E-state index in [1.165, 1.54) is 0 Å². The molecule has 21 heavy (non-hydrogen) atoms. The Labute approximate surface area is 134 Å². The Morgan fingerprint density at radius 3 is 2.48 bits per heavy atom. The highest BCUT2D eigenvalue weighted by Crippen LogP contribution is 2.34. The maximum Gasteiger partial charge on any atom is 0.416 e. The van der Waals surface area contributed by atoms with Gasteiger partial charge in [-0.15, -0.1) is 0 Å². The van der Waals surface area contributed by atoms with Gasteiger partial charge in [-0.3, -0.25) is 0 Å². The summed E-state index contributed by atoms with van der Waals surface area (Å²) in [5, 5.41) is 3.64. The van der Waals surface area contributed by atoms with Crippen LogP contribution >= 0.6 is 27.5 Å². The van der Waals surface area contributed by atoms with Gasteiger partial charge in [0.15, 0.2) is 0 Å².